The fraction of sp³-hybridized carbons (Fsp3) is 0.438. The summed E-state index contributed by atoms with van der Waals surface area (Å²) in [5, 5.41) is 9.45. The maximum atomic E-state index is 9.45. The van der Waals surface area contributed by atoms with Gasteiger partial charge in [-0.3, -0.25) is 0 Å². The van der Waals surface area contributed by atoms with E-state index in [1.54, 1.807) is 18.2 Å². The maximum absolute atomic E-state index is 9.45. The highest BCUT2D eigenvalue weighted by atomic mass is 16.3. The summed E-state index contributed by atoms with van der Waals surface area (Å²) in [4.78, 5) is 4.43. The van der Waals surface area contributed by atoms with Crippen LogP contribution in [0.15, 0.2) is 28.2 Å². The van der Waals surface area contributed by atoms with Crippen LogP contribution in [0.2, 0.25) is 0 Å². The van der Waals surface area contributed by atoms with Gasteiger partial charge < -0.3 is 9.52 Å². The summed E-state index contributed by atoms with van der Waals surface area (Å²) in [6.45, 7) is 4.57. The first-order chi connectivity index (χ1) is 9.04. The number of fused-ring (bicyclic) bond motifs is 1. The van der Waals surface area contributed by atoms with Gasteiger partial charge in [-0.05, 0) is 36.8 Å². The molecule has 1 aromatic heterocycles. The zero-order valence-electron chi connectivity index (χ0n) is 11.4. The molecule has 0 amide bonds. The minimum absolute atomic E-state index is 0.220. The lowest BCUT2D eigenvalue weighted by molar-refractivity contribution is 0.338. The Morgan fingerprint density at radius 2 is 2.16 bits per heavy atom. The van der Waals surface area contributed by atoms with Crippen LogP contribution in [0.25, 0.3) is 17.2 Å². The van der Waals surface area contributed by atoms with E-state index in [1.807, 2.05) is 0 Å². The SMILES string of the molecule is CC1(C)CCCCC1=Cc1nc2cc(O)ccc2o1. The number of hydrogen-bond donors (Lipinski definition) is 1. The fourth-order valence-electron chi connectivity index (χ4n) is 2.79. The molecule has 1 aliphatic carbocycles. The molecule has 0 atom stereocenters. The number of benzene rings is 1. The first-order valence-electron chi connectivity index (χ1n) is 6.85. The maximum Gasteiger partial charge on any atom is 0.219 e. The summed E-state index contributed by atoms with van der Waals surface area (Å²) in [7, 11) is 0. The Morgan fingerprint density at radius 1 is 1.32 bits per heavy atom. The molecule has 1 heterocycles. The summed E-state index contributed by atoms with van der Waals surface area (Å²) in [6, 6.07) is 5.01. The van der Waals surface area contributed by atoms with Gasteiger partial charge >= 0.3 is 0 Å². The van der Waals surface area contributed by atoms with Gasteiger partial charge in [0.05, 0.1) is 0 Å². The molecule has 1 fully saturated rings. The third-order valence-corrected chi connectivity index (χ3v) is 4.05. The van der Waals surface area contributed by atoms with E-state index < -0.39 is 0 Å². The van der Waals surface area contributed by atoms with Crippen LogP contribution in [-0.4, -0.2) is 10.1 Å². The molecule has 1 saturated carbocycles. The normalized spacial score (nSPS) is 21.1. The van der Waals surface area contributed by atoms with Crippen molar-refractivity contribution in [1.29, 1.82) is 0 Å². The summed E-state index contributed by atoms with van der Waals surface area (Å²) in [6.07, 6.45) is 6.97. The second-order valence-corrected chi connectivity index (χ2v) is 5.96. The van der Waals surface area contributed by atoms with Crippen LogP contribution < -0.4 is 0 Å². The molecule has 0 bridgehead atoms. The van der Waals surface area contributed by atoms with Gasteiger partial charge in [0.1, 0.15) is 11.3 Å². The highest BCUT2D eigenvalue weighted by Crippen LogP contribution is 2.41. The molecule has 1 N–H and O–H groups in total. The van der Waals surface area contributed by atoms with E-state index in [0.717, 1.165) is 12.0 Å². The molecule has 3 rings (SSSR count). The highest BCUT2D eigenvalue weighted by Gasteiger charge is 2.26. The van der Waals surface area contributed by atoms with E-state index >= 15 is 0 Å². The van der Waals surface area contributed by atoms with Crippen molar-refractivity contribution < 1.29 is 9.52 Å². The standard InChI is InChI=1S/C16H19NO2/c1-16(2)8-4-3-5-11(16)9-15-17-13-10-12(18)6-7-14(13)19-15/h6-7,9-10,18H,3-5,8H2,1-2H3. The number of aromatic hydroxyl groups is 1. The Bertz CT molecular complexity index is 637. The second-order valence-electron chi connectivity index (χ2n) is 5.96. The van der Waals surface area contributed by atoms with Crippen LogP contribution in [0, 0.1) is 5.41 Å². The van der Waals surface area contributed by atoms with Gasteiger partial charge in [-0.2, -0.15) is 0 Å². The number of phenolic OH excluding ortho intramolecular Hbond substituents is 1. The number of rotatable bonds is 1. The first kappa shape index (κ1) is 12.3. The number of nitrogens with zero attached hydrogens (tertiary/aromatic N) is 1. The Kier molecular flexibility index (Phi) is 2.85. The Labute approximate surface area is 113 Å². The molecule has 100 valence electrons. The van der Waals surface area contributed by atoms with Crippen LogP contribution in [0.1, 0.15) is 45.4 Å². The molecule has 0 saturated heterocycles. The van der Waals surface area contributed by atoms with Crippen LogP contribution >= 0.6 is 0 Å². The van der Waals surface area contributed by atoms with E-state index in [4.69, 9.17) is 4.42 Å². The summed E-state index contributed by atoms with van der Waals surface area (Å²) >= 11 is 0. The Balaban J connectivity index is 2.00. The number of hydrogen-bond acceptors (Lipinski definition) is 3. The van der Waals surface area contributed by atoms with Crippen molar-refractivity contribution in [3.8, 4) is 5.75 Å². The number of oxazole rings is 1. The predicted molar refractivity (Wildman–Crippen MR) is 75.9 cm³/mol. The molecule has 1 aromatic carbocycles. The van der Waals surface area contributed by atoms with Crippen molar-refractivity contribution in [2.45, 2.75) is 39.5 Å². The molecule has 0 aliphatic heterocycles. The molecule has 19 heavy (non-hydrogen) atoms. The van der Waals surface area contributed by atoms with Gasteiger partial charge in [0.15, 0.2) is 5.58 Å². The van der Waals surface area contributed by atoms with Crippen molar-refractivity contribution in [3.05, 3.63) is 29.7 Å². The van der Waals surface area contributed by atoms with Crippen LogP contribution in [0.3, 0.4) is 0 Å². The molecular formula is C16H19NO2. The summed E-state index contributed by atoms with van der Waals surface area (Å²) in [5.41, 5.74) is 3.08. The third-order valence-electron chi connectivity index (χ3n) is 4.05. The number of allylic oxidation sites excluding steroid dienone is 1. The lowest BCUT2D eigenvalue weighted by Gasteiger charge is -2.32. The summed E-state index contributed by atoms with van der Waals surface area (Å²) < 4.78 is 5.72. The van der Waals surface area contributed by atoms with Gasteiger partial charge in [0.25, 0.3) is 0 Å². The Hall–Kier alpha value is -1.77. The molecule has 1 aliphatic rings. The van der Waals surface area contributed by atoms with Crippen LogP contribution in [0.4, 0.5) is 0 Å². The average Bonchev–Trinajstić information content (AvgIpc) is 2.73. The van der Waals surface area contributed by atoms with Gasteiger partial charge in [-0.1, -0.05) is 25.8 Å². The molecule has 2 aromatic rings. The van der Waals surface area contributed by atoms with Crippen molar-refractivity contribution >= 4 is 17.2 Å². The summed E-state index contributed by atoms with van der Waals surface area (Å²) in [5.74, 6) is 0.864. The van der Waals surface area contributed by atoms with Crippen LogP contribution in [-0.2, 0) is 0 Å². The fourth-order valence-corrected chi connectivity index (χ4v) is 2.79. The quantitative estimate of drug-likeness (QED) is 0.817. The second kappa shape index (κ2) is 4.41. The predicted octanol–water partition coefficient (Wildman–Crippen LogP) is 4.52. The Morgan fingerprint density at radius 3 is 2.95 bits per heavy atom. The lowest BCUT2D eigenvalue weighted by Crippen LogP contribution is -2.18. The minimum atomic E-state index is 0.220. The van der Waals surface area contributed by atoms with Gasteiger partial charge in [-0.25, -0.2) is 4.98 Å². The van der Waals surface area contributed by atoms with Crippen molar-refractivity contribution in [3.63, 3.8) is 0 Å². The van der Waals surface area contributed by atoms with E-state index in [1.165, 1.54) is 24.8 Å². The van der Waals surface area contributed by atoms with Gasteiger partial charge in [0, 0.05) is 12.1 Å². The molecular weight excluding hydrogens is 238 g/mol. The topological polar surface area (TPSA) is 46.3 Å². The minimum Gasteiger partial charge on any atom is -0.508 e. The molecule has 0 spiro atoms. The monoisotopic (exact) mass is 257 g/mol. The largest absolute Gasteiger partial charge is 0.508 e. The third kappa shape index (κ3) is 2.37. The van der Waals surface area contributed by atoms with Gasteiger partial charge in [-0.15, -0.1) is 0 Å². The zero-order valence-corrected chi connectivity index (χ0v) is 11.4. The molecule has 0 unspecified atom stereocenters. The van der Waals surface area contributed by atoms with E-state index in [9.17, 15) is 5.11 Å². The average molecular weight is 257 g/mol. The smallest absolute Gasteiger partial charge is 0.219 e. The van der Waals surface area contributed by atoms with E-state index in [-0.39, 0.29) is 11.2 Å². The number of phenols is 1. The highest BCUT2D eigenvalue weighted by molar-refractivity contribution is 5.75. The van der Waals surface area contributed by atoms with E-state index in [0.29, 0.717) is 11.4 Å². The molecule has 0 radical (unpaired) electrons. The molecule has 3 heteroatoms. The van der Waals surface area contributed by atoms with E-state index in [2.05, 4.69) is 24.9 Å². The van der Waals surface area contributed by atoms with Crippen molar-refractivity contribution in [1.82, 2.24) is 4.98 Å². The van der Waals surface area contributed by atoms with Crippen molar-refractivity contribution in [2.75, 3.05) is 0 Å². The van der Waals surface area contributed by atoms with Crippen LogP contribution in [0.5, 0.6) is 5.75 Å². The van der Waals surface area contributed by atoms with Crippen molar-refractivity contribution in [2.24, 2.45) is 5.41 Å². The van der Waals surface area contributed by atoms with Gasteiger partial charge in [0.2, 0.25) is 5.89 Å². The lowest BCUT2D eigenvalue weighted by atomic mass is 9.73. The zero-order chi connectivity index (χ0) is 13.5. The molecule has 3 nitrogen and oxygen atoms in total. The number of aromatic nitrogens is 1. The first-order valence-corrected chi connectivity index (χ1v) is 6.85.